The van der Waals surface area contributed by atoms with Crippen LogP contribution in [0.15, 0.2) is 18.2 Å². The maximum atomic E-state index is 12.2. The van der Waals surface area contributed by atoms with Gasteiger partial charge in [-0.3, -0.25) is 4.79 Å². The van der Waals surface area contributed by atoms with Gasteiger partial charge in [0.1, 0.15) is 5.82 Å². The van der Waals surface area contributed by atoms with Crippen LogP contribution in [0.25, 0.3) is 11.0 Å². The average molecular weight is 337 g/mol. The van der Waals surface area contributed by atoms with Gasteiger partial charge in [-0.25, -0.2) is 4.98 Å². The van der Waals surface area contributed by atoms with Crippen LogP contribution in [0.4, 0.5) is 5.69 Å². The number of halogens is 1. The van der Waals surface area contributed by atoms with Crippen molar-refractivity contribution in [3.05, 3.63) is 24.0 Å². The summed E-state index contributed by atoms with van der Waals surface area (Å²) < 4.78 is 2.16. The first-order valence-electron chi connectivity index (χ1n) is 8.04. The number of nitrogens with two attached hydrogens (primary N) is 1. The zero-order chi connectivity index (χ0) is 15.9. The number of amides is 1. The third-order valence-electron chi connectivity index (χ3n) is 4.69. The van der Waals surface area contributed by atoms with Gasteiger partial charge in [0.25, 0.3) is 0 Å². The number of aryl methyl sites for hydroxylation is 1. The third kappa shape index (κ3) is 3.51. The molecule has 0 spiro atoms. The Kier molecular flexibility index (Phi) is 5.32. The van der Waals surface area contributed by atoms with Crippen molar-refractivity contribution in [1.82, 2.24) is 9.55 Å². The summed E-state index contributed by atoms with van der Waals surface area (Å²) in [6.07, 6.45) is 3.34. The van der Waals surface area contributed by atoms with Gasteiger partial charge >= 0.3 is 0 Å². The molecule has 1 aliphatic rings. The molecule has 126 valence electrons. The molecule has 1 amide bonds. The summed E-state index contributed by atoms with van der Waals surface area (Å²) in [6, 6.07) is 5.38. The largest absolute Gasteiger partial charge is 0.331 e. The molecule has 2 aromatic rings. The van der Waals surface area contributed by atoms with Gasteiger partial charge in [-0.05, 0) is 37.0 Å². The molecule has 1 saturated carbocycles. The summed E-state index contributed by atoms with van der Waals surface area (Å²) in [5.74, 6) is 1.79. The number of anilines is 1. The van der Waals surface area contributed by atoms with Gasteiger partial charge in [0, 0.05) is 18.7 Å². The van der Waals surface area contributed by atoms with E-state index in [0.717, 1.165) is 29.0 Å². The van der Waals surface area contributed by atoms with Gasteiger partial charge in [-0.15, -0.1) is 12.4 Å². The monoisotopic (exact) mass is 336 g/mol. The first kappa shape index (κ1) is 17.8. The minimum atomic E-state index is -0.480. The Balaban J connectivity index is 0.00000192. The molecule has 3 rings (SSSR count). The first-order valence-corrected chi connectivity index (χ1v) is 8.04. The fraction of sp³-hybridized carbons (Fsp3) is 0.529. The van der Waals surface area contributed by atoms with E-state index in [0.29, 0.717) is 5.92 Å². The van der Waals surface area contributed by atoms with Gasteiger partial charge in [0.15, 0.2) is 0 Å². The molecule has 2 atom stereocenters. The summed E-state index contributed by atoms with van der Waals surface area (Å²) in [5, 5.41) is 2.91. The number of carbonyl (C=O) groups is 1. The van der Waals surface area contributed by atoms with Crippen LogP contribution in [0.3, 0.4) is 0 Å². The van der Waals surface area contributed by atoms with Crippen LogP contribution >= 0.6 is 12.4 Å². The van der Waals surface area contributed by atoms with Gasteiger partial charge in [0.05, 0.1) is 17.1 Å². The number of nitrogens with zero attached hydrogens (tertiary/aromatic N) is 2. The quantitative estimate of drug-likeness (QED) is 0.880. The number of benzene rings is 1. The Morgan fingerprint density at radius 2 is 2.17 bits per heavy atom. The molecule has 0 bridgehead atoms. The van der Waals surface area contributed by atoms with Crippen molar-refractivity contribution in [2.24, 2.45) is 18.7 Å². The second-order valence-corrected chi connectivity index (χ2v) is 6.41. The Morgan fingerprint density at radius 1 is 1.48 bits per heavy atom. The molecule has 1 aliphatic carbocycles. The lowest BCUT2D eigenvalue weighted by Gasteiger charge is -2.17. The molecule has 1 fully saturated rings. The molecule has 0 aliphatic heterocycles. The van der Waals surface area contributed by atoms with Crippen LogP contribution in [0.1, 0.15) is 44.9 Å². The highest BCUT2D eigenvalue weighted by Gasteiger charge is 2.28. The van der Waals surface area contributed by atoms with E-state index in [-0.39, 0.29) is 24.2 Å². The highest BCUT2D eigenvalue weighted by Crippen LogP contribution is 2.40. The topological polar surface area (TPSA) is 72.9 Å². The van der Waals surface area contributed by atoms with E-state index in [1.54, 1.807) is 0 Å². The number of fused-ring (bicyclic) bond motifs is 1. The molecule has 5 nitrogen and oxygen atoms in total. The third-order valence-corrected chi connectivity index (χ3v) is 4.69. The van der Waals surface area contributed by atoms with Crippen molar-refractivity contribution < 1.29 is 4.79 Å². The number of imidazole rings is 1. The van der Waals surface area contributed by atoms with E-state index in [1.165, 1.54) is 12.8 Å². The van der Waals surface area contributed by atoms with E-state index < -0.39 is 6.04 Å². The summed E-state index contributed by atoms with van der Waals surface area (Å²) in [4.78, 5) is 16.9. The highest BCUT2D eigenvalue weighted by molar-refractivity contribution is 5.96. The summed E-state index contributed by atoms with van der Waals surface area (Å²) >= 11 is 0. The van der Waals surface area contributed by atoms with Crippen LogP contribution in [0.5, 0.6) is 0 Å². The lowest BCUT2D eigenvalue weighted by atomic mass is 9.99. The fourth-order valence-electron chi connectivity index (χ4n) is 2.74. The Morgan fingerprint density at radius 3 is 2.78 bits per heavy atom. The van der Waals surface area contributed by atoms with Crippen LogP contribution in [0, 0.1) is 5.92 Å². The summed E-state index contributed by atoms with van der Waals surface area (Å²) in [7, 11) is 2.06. The lowest BCUT2D eigenvalue weighted by molar-refractivity contribution is -0.118. The smallest absolute Gasteiger partial charge is 0.241 e. The van der Waals surface area contributed by atoms with E-state index >= 15 is 0 Å². The molecule has 1 aromatic heterocycles. The Labute approximate surface area is 143 Å². The molecule has 23 heavy (non-hydrogen) atoms. The first-order chi connectivity index (χ1) is 10.5. The van der Waals surface area contributed by atoms with Crippen LogP contribution in [0.2, 0.25) is 0 Å². The number of aromatic nitrogens is 2. The second kappa shape index (κ2) is 6.89. The highest BCUT2D eigenvalue weighted by atomic mass is 35.5. The number of hydrogen-bond acceptors (Lipinski definition) is 3. The molecule has 1 heterocycles. The van der Waals surface area contributed by atoms with Gasteiger partial charge < -0.3 is 15.6 Å². The number of carbonyl (C=O) groups excluding carboxylic acids is 1. The molecule has 1 aromatic carbocycles. The van der Waals surface area contributed by atoms with Crippen LogP contribution in [-0.2, 0) is 11.8 Å². The molecule has 2 unspecified atom stereocenters. The fourth-order valence-corrected chi connectivity index (χ4v) is 2.74. The van der Waals surface area contributed by atoms with Gasteiger partial charge in [-0.2, -0.15) is 0 Å². The number of rotatable bonds is 5. The molecular formula is C17H25ClN4O. The zero-order valence-electron chi connectivity index (χ0n) is 13.9. The molecule has 6 heteroatoms. The van der Waals surface area contributed by atoms with E-state index in [1.807, 2.05) is 32.0 Å². The number of hydrogen-bond donors (Lipinski definition) is 2. The van der Waals surface area contributed by atoms with Crippen molar-refractivity contribution in [2.75, 3.05) is 5.32 Å². The van der Waals surface area contributed by atoms with E-state index in [9.17, 15) is 4.79 Å². The van der Waals surface area contributed by atoms with Crippen molar-refractivity contribution in [3.63, 3.8) is 0 Å². The Hall–Kier alpha value is -1.59. The van der Waals surface area contributed by atoms with Crippen molar-refractivity contribution in [3.8, 4) is 0 Å². The van der Waals surface area contributed by atoms with Crippen molar-refractivity contribution >= 4 is 35.0 Å². The second-order valence-electron chi connectivity index (χ2n) is 6.41. The average Bonchev–Trinajstić information content (AvgIpc) is 3.30. The van der Waals surface area contributed by atoms with Crippen LogP contribution in [-0.4, -0.2) is 21.5 Å². The van der Waals surface area contributed by atoms with Crippen molar-refractivity contribution in [2.45, 2.75) is 45.1 Å². The normalized spacial score (nSPS) is 16.7. The number of nitrogens with one attached hydrogen (secondary N) is 1. The van der Waals surface area contributed by atoms with Crippen LogP contribution < -0.4 is 11.1 Å². The maximum Gasteiger partial charge on any atom is 0.241 e. The summed E-state index contributed by atoms with van der Waals surface area (Å²) in [6.45, 7) is 4.03. The zero-order valence-corrected chi connectivity index (χ0v) is 14.7. The van der Waals surface area contributed by atoms with Gasteiger partial charge in [0.2, 0.25) is 5.91 Å². The lowest BCUT2D eigenvalue weighted by Crippen LogP contribution is -2.40. The molecule has 0 radical (unpaired) electrons. The maximum absolute atomic E-state index is 12.2. The van der Waals surface area contributed by atoms with E-state index in [2.05, 4.69) is 16.9 Å². The predicted molar refractivity (Wildman–Crippen MR) is 96.0 cm³/mol. The summed E-state index contributed by atoms with van der Waals surface area (Å²) in [5.41, 5.74) is 8.77. The minimum Gasteiger partial charge on any atom is -0.331 e. The van der Waals surface area contributed by atoms with E-state index in [4.69, 9.17) is 10.7 Å². The molecular weight excluding hydrogens is 312 g/mol. The SMILES string of the molecule is CCC(C)C(N)C(=O)Nc1ccc2c(c1)nc(C1CC1)n2C.Cl. The molecule has 0 saturated heterocycles. The minimum absolute atomic E-state index is 0. The standard InChI is InChI=1S/C17H24N4O.ClH/c1-4-10(2)15(18)17(22)19-12-7-8-14-13(9-12)20-16(21(14)3)11-5-6-11;/h7-11,15H,4-6,18H2,1-3H3,(H,19,22);1H. The Bertz CT molecular complexity index is 708. The molecule has 3 N–H and O–H groups in total. The van der Waals surface area contributed by atoms with Gasteiger partial charge in [-0.1, -0.05) is 20.3 Å². The van der Waals surface area contributed by atoms with Crippen molar-refractivity contribution in [1.29, 1.82) is 0 Å². The predicted octanol–water partition coefficient (Wildman–Crippen LogP) is 3.18.